The van der Waals surface area contributed by atoms with Crippen molar-refractivity contribution in [1.29, 1.82) is 0 Å². The zero-order valence-corrected chi connectivity index (χ0v) is 12.3. The number of halogens is 1. The molecule has 0 aliphatic carbocycles. The van der Waals surface area contributed by atoms with Crippen molar-refractivity contribution in [2.24, 2.45) is 5.73 Å². The molecule has 0 amide bonds. The Morgan fingerprint density at radius 2 is 1.71 bits per heavy atom. The minimum atomic E-state index is 0. The fourth-order valence-electron chi connectivity index (χ4n) is 1.60. The number of rotatable bonds is 5. The van der Waals surface area contributed by atoms with Gasteiger partial charge in [0.05, 0.1) is 14.2 Å². The second-order valence-electron chi connectivity index (χ2n) is 3.69. The van der Waals surface area contributed by atoms with Crippen LogP contribution in [0.15, 0.2) is 17.0 Å². The van der Waals surface area contributed by atoms with E-state index < -0.39 is 0 Å². The van der Waals surface area contributed by atoms with Crippen LogP contribution < -0.4 is 15.2 Å². The highest BCUT2D eigenvalue weighted by molar-refractivity contribution is 7.98. The van der Waals surface area contributed by atoms with Gasteiger partial charge in [-0.3, -0.25) is 0 Å². The number of nitrogens with two attached hydrogens (primary N) is 1. The molecular weight excluding hydrogens is 258 g/mol. The van der Waals surface area contributed by atoms with Gasteiger partial charge in [0.15, 0.2) is 0 Å². The summed E-state index contributed by atoms with van der Waals surface area (Å²) in [6.07, 6.45) is 2.78. The van der Waals surface area contributed by atoms with Crippen molar-refractivity contribution in [2.75, 3.05) is 20.5 Å². The smallest absolute Gasteiger partial charge is 0.126 e. The van der Waals surface area contributed by atoms with Gasteiger partial charge in [-0.05, 0) is 31.7 Å². The monoisotopic (exact) mass is 277 g/mol. The lowest BCUT2D eigenvalue weighted by Crippen LogP contribution is -2.18. The molecule has 0 aliphatic rings. The second kappa shape index (κ2) is 7.69. The van der Waals surface area contributed by atoms with E-state index in [1.807, 2.05) is 25.3 Å². The Bertz CT molecular complexity index is 333. The number of thioether (sulfide) groups is 1. The molecule has 1 atom stereocenters. The summed E-state index contributed by atoms with van der Waals surface area (Å²) in [5, 5.41) is 0. The van der Waals surface area contributed by atoms with E-state index in [-0.39, 0.29) is 18.4 Å². The van der Waals surface area contributed by atoms with Crippen LogP contribution in [-0.2, 0) is 6.42 Å². The average Bonchev–Trinajstić information content (AvgIpc) is 2.28. The third-order valence-electron chi connectivity index (χ3n) is 2.34. The van der Waals surface area contributed by atoms with Gasteiger partial charge in [-0.25, -0.2) is 0 Å². The van der Waals surface area contributed by atoms with Gasteiger partial charge in [0, 0.05) is 16.5 Å². The maximum Gasteiger partial charge on any atom is 0.126 e. The zero-order valence-electron chi connectivity index (χ0n) is 10.6. The van der Waals surface area contributed by atoms with E-state index in [2.05, 4.69) is 0 Å². The van der Waals surface area contributed by atoms with E-state index in [4.69, 9.17) is 15.2 Å². The standard InChI is InChI=1S/C12H19NO2S.ClH/c1-8(13)5-10-11(14-2)6-9(16-4)7-12(10)15-3;/h6-8H,5,13H2,1-4H3;1H. The molecule has 1 aromatic rings. The fraction of sp³-hybridized carbons (Fsp3) is 0.500. The maximum atomic E-state index is 5.83. The molecule has 5 heteroatoms. The molecule has 0 aliphatic heterocycles. The van der Waals surface area contributed by atoms with Gasteiger partial charge in [0.2, 0.25) is 0 Å². The number of methoxy groups -OCH3 is 2. The predicted octanol–water partition coefficient (Wildman–Crippen LogP) is 2.74. The Kier molecular flexibility index (Phi) is 7.43. The molecule has 3 nitrogen and oxygen atoms in total. The molecule has 0 heterocycles. The molecular formula is C12H20ClNO2S. The first kappa shape index (κ1) is 16.4. The number of ether oxygens (including phenoxy) is 2. The van der Waals surface area contributed by atoms with Gasteiger partial charge in [-0.2, -0.15) is 0 Å². The summed E-state index contributed by atoms with van der Waals surface area (Å²) in [5.41, 5.74) is 6.87. The Morgan fingerprint density at radius 1 is 1.24 bits per heavy atom. The minimum absolute atomic E-state index is 0. The molecule has 0 aromatic heterocycles. The molecule has 1 rings (SSSR count). The maximum absolute atomic E-state index is 5.83. The van der Waals surface area contributed by atoms with Gasteiger partial charge in [-0.1, -0.05) is 0 Å². The van der Waals surface area contributed by atoms with E-state index in [9.17, 15) is 0 Å². The van der Waals surface area contributed by atoms with Crippen molar-refractivity contribution < 1.29 is 9.47 Å². The molecule has 0 saturated carbocycles. The molecule has 0 saturated heterocycles. The van der Waals surface area contributed by atoms with Crippen molar-refractivity contribution in [3.63, 3.8) is 0 Å². The highest BCUT2D eigenvalue weighted by Crippen LogP contribution is 2.34. The first-order valence-electron chi connectivity index (χ1n) is 5.16. The van der Waals surface area contributed by atoms with Gasteiger partial charge in [0.25, 0.3) is 0 Å². The Labute approximate surface area is 113 Å². The van der Waals surface area contributed by atoms with Crippen LogP contribution in [0.3, 0.4) is 0 Å². The Hall–Kier alpha value is -0.580. The van der Waals surface area contributed by atoms with Gasteiger partial charge >= 0.3 is 0 Å². The second-order valence-corrected chi connectivity index (χ2v) is 4.57. The molecule has 1 aromatic carbocycles. The number of hydrogen-bond donors (Lipinski definition) is 1. The molecule has 0 radical (unpaired) electrons. The highest BCUT2D eigenvalue weighted by atomic mass is 35.5. The van der Waals surface area contributed by atoms with Gasteiger partial charge in [0.1, 0.15) is 11.5 Å². The largest absolute Gasteiger partial charge is 0.496 e. The number of benzene rings is 1. The quantitative estimate of drug-likeness (QED) is 0.841. The molecule has 1 unspecified atom stereocenters. The van der Waals surface area contributed by atoms with E-state index in [0.717, 1.165) is 28.4 Å². The van der Waals surface area contributed by atoms with Crippen molar-refractivity contribution in [1.82, 2.24) is 0 Å². The van der Waals surface area contributed by atoms with Crippen LogP contribution in [0.5, 0.6) is 11.5 Å². The molecule has 98 valence electrons. The summed E-state index contributed by atoms with van der Waals surface area (Å²) < 4.78 is 10.8. The third kappa shape index (κ3) is 4.30. The van der Waals surface area contributed by atoms with Crippen LogP contribution in [0.4, 0.5) is 0 Å². The lowest BCUT2D eigenvalue weighted by molar-refractivity contribution is 0.381. The Morgan fingerprint density at radius 3 is 2.00 bits per heavy atom. The van der Waals surface area contributed by atoms with Gasteiger partial charge in [-0.15, -0.1) is 24.2 Å². The topological polar surface area (TPSA) is 44.5 Å². The number of hydrogen-bond acceptors (Lipinski definition) is 4. The van der Waals surface area contributed by atoms with Crippen LogP contribution in [0.1, 0.15) is 12.5 Å². The summed E-state index contributed by atoms with van der Waals surface area (Å²) in [4.78, 5) is 1.13. The molecule has 0 spiro atoms. The van der Waals surface area contributed by atoms with Crippen LogP contribution in [0.2, 0.25) is 0 Å². The summed E-state index contributed by atoms with van der Waals surface area (Å²) in [5.74, 6) is 1.70. The normalized spacial score (nSPS) is 11.6. The van der Waals surface area contributed by atoms with E-state index >= 15 is 0 Å². The lowest BCUT2D eigenvalue weighted by Gasteiger charge is -2.16. The van der Waals surface area contributed by atoms with Crippen molar-refractivity contribution >= 4 is 24.2 Å². The zero-order chi connectivity index (χ0) is 12.1. The summed E-state index contributed by atoms with van der Waals surface area (Å²) in [6, 6.07) is 4.12. The van der Waals surface area contributed by atoms with Crippen LogP contribution >= 0.6 is 24.2 Å². The lowest BCUT2D eigenvalue weighted by atomic mass is 10.1. The van der Waals surface area contributed by atoms with Crippen molar-refractivity contribution in [3.05, 3.63) is 17.7 Å². The van der Waals surface area contributed by atoms with E-state index in [1.54, 1.807) is 26.0 Å². The van der Waals surface area contributed by atoms with E-state index in [0.29, 0.717) is 0 Å². The summed E-state index contributed by atoms with van der Waals surface area (Å²) >= 11 is 1.66. The van der Waals surface area contributed by atoms with Crippen molar-refractivity contribution in [2.45, 2.75) is 24.3 Å². The highest BCUT2D eigenvalue weighted by Gasteiger charge is 2.13. The molecule has 0 fully saturated rings. The molecule has 17 heavy (non-hydrogen) atoms. The van der Waals surface area contributed by atoms with Crippen molar-refractivity contribution in [3.8, 4) is 11.5 Å². The summed E-state index contributed by atoms with van der Waals surface area (Å²) in [7, 11) is 3.34. The van der Waals surface area contributed by atoms with E-state index in [1.165, 1.54) is 0 Å². The molecule has 2 N–H and O–H groups in total. The average molecular weight is 278 g/mol. The predicted molar refractivity (Wildman–Crippen MR) is 75.9 cm³/mol. The molecule has 0 bridgehead atoms. The van der Waals surface area contributed by atoms with Crippen LogP contribution in [-0.4, -0.2) is 26.5 Å². The van der Waals surface area contributed by atoms with Crippen LogP contribution in [0, 0.1) is 0 Å². The summed E-state index contributed by atoms with van der Waals surface area (Å²) in [6.45, 7) is 1.97. The first-order chi connectivity index (χ1) is 7.62. The SMILES string of the molecule is COc1cc(SC)cc(OC)c1CC(C)N.Cl. The Balaban J connectivity index is 0.00000256. The first-order valence-corrected chi connectivity index (χ1v) is 6.39. The van der Waals surface area contributed by atoms with Crippen LogP contribution in [0.25, 0.3) is 0 Å². The minimum Gasteiger partial charge on any atom is -0.496 e. The van der Waals surface area contributed by atoms with Gasteiger partial charge < -0.3 is 15.2 Å². The fourth-order valence-corrected chi connectivity index (χ4v) is 2.05. The third-order valence-corrected chi connectivity index (χ3v) is 3.05.